The summed E-state index contributed by atoms with van der Waals surface area (Å²) in [5.41, 5.74) is 2.66. The Balaban J connectivity index is 1.02. The zero-order chi connectivity index (χ0) is 46.9. The molecule has 1 atom stereocenters. The fourth-order valence-corrected chi connectivity index (χ4v) is 9.76. The summed E-state index contributed by atoms with van der Waals surface area (Å²) >= 11 is 5.26. The van der Waals surface area contributed by atoms with Gasteiger partial charge in [0.1, 0.15) is 15.7 Å². The molecule has 1 unspecified atom stereocenters. The molecule has 14 nitrogen and oxygen atoms in total. The van der Waals surface area contributed by atoms with E-state index in [0.29, 0.717) is 42.6 Å². The van der Waals surface area contributed by atoms with Gasteiger partial charge in [0.25, 0.3) is 5.09 Å². The zero-order valence-electron chi connectivity index (χ0n) is 37.9. The van der Waals surface area contributed by atoms with Crippen molar-refractivity contribution in [3.63, 3.8) is 0 Å². The van der Waals surface area contributed by atoms with E-state index in [9.17, 15) is 24.5 Å². The summed E-state index contributed by atoms with van der Waals surface area (Å²) in [6, 6.07) is 22.2. The molecule has 1 aromatic heterocycles. The molecule has 1 aliphatic heterocycles. The summed E-state index contributed by atoms with van der Waals surface area (Å²) in [5.74, 6) is -0.102. The number of carbonyl (C=O) groups excluding carboxylic acids is 3. The van der Waals surface area contributed by atoms with Crippen molar-refractivity contribution in [3.05, 3.63) is 110 Å². The zero-order valence-corrected chi connectivity index (χ0v) is 40.3. The number of piperazine rings is 1. The minimum atomic E-state index is -0.811. The van der Waals surface area contributed by atoms with Crippen LogP contribution in [0.5, 0.6) is 17.2 Å². The van der Waals surface area contributed by atoms with Crippen LogP contribution < -0.4 is 14.2 Å². The molecule has 1 fully saturated rings. The lowest BCUT2D eigenvalue weighted by atomic mass is 9.98. The molecule has 66 heavy (non-hydrogen) atoms. The monoisotopic (exact) mass is 963 g/mol. The van der Waals surface area contributed by atoms with Crippen molar-refractivity contribution in [2.45, 2.75) is 83.7 Å². The average molecular weight is 964 g/mol. The van der Waals surface area contributed by atoms with E-state index >= 15 is 0 Å². The molecule has 0 amide bonds. The lowest BCUT2D eigenvalue weighted by Gasteiger charge is -2.34. The number of unbranched alkanes of at least 4 members (excludes halogenated alkanes) is 7. The van der Waals surface area contributed by atoms with Gasteiger partial charge >= 0.3 is 17.9 Å². The Hall–Kier alpha value is -5.20. The van der Waals surface area contributed by atoms with Crippen LogP contribution in [0, 0.1) is 13.9 Å². The topological polar surface area (TPSA) is 156 Å². The van der Waals surface area contributed by atoms with E-state index in [1.54, 1.807) is 63.2 Å². The first-order chi connectivity index (χ1) is 32.1. The normalized spacial score (nSPS) is 13.5. The van der Waals surface area contributed by atoms with Gasteiger partial charge in [0.2, 0.25) is 0 Å². The van der Waals surface area contributed by atoms with Gasteiger partial charge in [-0.3, -0.25) is 9.69 Å². The Morgan fingerprint density at radius 1 is 0.818 bits per heavy atom. The van der Waals surface area contributed by atoms with Crippen molar-refractivity contribution < 1.29 is 48.0 Å². The Morgan fingerprint density at radius 2 is 1.53 bits per heavy atom. The summed E-state index contributed by atoms with van der Waals surface area (Å²) in [4.78, 5) is 59.7. The molecule has 0 radical (unpaired) electrons. The molecule has 1 aliphatic rings. The van der Waals surface area contributed by atoms with Gasteiger partial charge in [0, 0.05) is 42.7 Å². The fourth-order valence-electron chi connectivity index (χ4n) is 7.36. The summed E-state index contributed by atoms with van der Waals surface area (Å²) in [6.07, 6.45) is 11.5. The Bertz CT molecular complexity index is 2220. The molecule has 0 saturated carbocycles. The molecule has 3 aromatic carbocycles. The highest BCUT2D eigenvalue weighted by Crippen LogP contribution is 2.33. The van der Waals surface area contributed by atoms with E-state index in [4.69, 9.17) is 35.9 Å². The average Bonchev–Trinajstić information content (AvgIpc) is 3.77. The van der Waals surface area contributed by atoms with E-state index < -0.39 is 23.1 Å². The van der Waals surface area contributed by atoms with E-state index in [0.717, 1.165) is 93.7 Å². The maximum atomic E-state index is 13.7. The predicted molar refractivity (Wildman–Crippen MR) is 259 cm³/mol. The first-order valence-electron chi connectivity index (χ1n) is 22.7. The summed E-state index contributed by atoms with van der Waals surface area (Å²) in [7, 11) is 4.78. The van der Waals surface area contributed by atoms with E-state index in [1.165, 1.54) is 23.6 Å². The molecule has 0 N–H and O–H groups in total. The third-order valence-corrected chi connectivity index (χ3v) is 13.9. The van der Waals surface area contributed by atoms with Crippen molar-refractivity contribution in [1.82, 2.24) is 9.80 Å². The number of hydrogen-bond donors (Lipinski definition) is 0. The van der Waals surface area contributed by atoms with E-state index in [-0.39, 0.29) is 37.2 Å². The second-order valence-corrected chi connectivity index (χ2v) is 18.8. The lowest BCUT2D eigenvalue weighted by Crippen LogP contribution is -2.48. The number of hydrogen-bond acceptors (Lipinski definition) is 16. The summed E-state index contributed by atoms with van der Waals surface area (Å²) in [6.45, 7) is 7.59. The van der Waals surface area contributed by atoms with Gasteiger partial charge in [0.15, 0.2) is 11.5 Å². The molecule has 0 aliphatic carbocycles. The van der Waals surface area contributed by atoms with Gasteiger partial charge in [-0.25, -0.2) is 9.59 Å². The van der Waals surface area contributed by atoms with Crippen molar-refractivity contribution in [2.75, 3.05) is 66.2 Å². The van der Waals surface area contributed by atoms with Crippen LogP contribution in [0.1, 0.15) is 105 Å². The Morgan fingerprint density at radius 3 is 2.24 bits per heavy atom. The second-order valence-electron chi connectivity index (χ2n) is 15.9. The molecule has 4 aromatic rings. The van der Waals surface area contributed by atoms with E-state index in [1.807, 2.05) is 24.3 Å². The number of carbonyl (C=O) groups is 3. The van der Waals surface area contributed by atoms with Crippen molar-refractivity contribution >= 4 is 56.9 Å². The molecule has 1 saturated heterocycles. The fraction of sp³-hybridized carbons (Fsp3) is 0.469. The van der Waals surface area contributed by atoms with Gasteiger partial charge in [-0.05, 0) is 117 Å². The predicted octanol–water partition coefficient (Wildman–Crippen LogP) is 10.8. The quantitative estimate of drug-likeness (QED) is 0.00740. The first kappa shape index (κ1) is 51.8. The molecule has 0 bridgehead atoms. The number of ether oxygens (including phenoxy) is 5. The first-order valence-corrected chi connectivity index (χ1v) is 25.3. The van der Waals surface area contributed by atoms with Gasteiger partial charge in [0.05, 0.1) is 39.0 Å². The van der Waals surface area contributed by atoms with Crippen LogP contribution in [0.25, 0.3) is 16.5 Å². The van der Waals surface area contributed by atoms with Gasteiger partial charge in [-0.1, -0.05) is 89.8 Å². The molecule has 17 heteroatoms. The number of esters is 3. The maximum absolute atomic E-state index is 13.7. The molecular weight excluding hydrogens is 903 g/mol. The van der Waals surface area contributed by atoms with Crippen LogP contribution in [0.2, 0.25) is 0 Å². The van der Waals surface area contributed by atoms with Crippen molar-refractivity contribution in [3.8, 4) is 27.7 Å². The van der Waals surface area contributed by atoms with Crippen LogP contribution in [0.3, 0.4) is 0 Å². The number of nitrogens with zero attached hydrogens (tertiary/aromatic N) is 3. The van der Waals surface area contributed by atoms with Gasteiger partial charge in [-0.15, -0.1) is 10.1 Å². The lowest BCUT2D eigenvalue weighted by molar-refractivity contribution is -0.757. The van der Waals surface area contributed by atoms with Crippen LogP contribution in [-0.2, 0) is 23.9 Å². The SMILES string of the molecule is CCCCC(OC(=O)CN1CCN(CCCCCCOc2ccc(-c3cc(=S)ss3)cc2)CC1)c1ccccc1C(=O)Oc1ccc(/C=C/C(=O)OCCCCCCO[N+](=O)[O-])cc1OC. The van der Waals surface area contributed by atoms with Crippen LogP contribution in [0.15, 0.2) is 78.9 Å². The molecule has 0 spiro atoms. The number of methoxy groups -OCH3 is 1. The number of rotatable bonds is 29. The molecule has 356 valence electrons. The minimum absolute atomic E-state index is 0.0488. The van der Waals surface area contributed by atoms with Crippen LogP contribution in [-0.4, -0.2) is 99.0 Å². The minimum Gasteiger partial charge on any atom is -0.494 e. The highest BCUT2D eigenvalue weighted by atomic mass is 32.9. The molecule has 5 rings (SSSR count). The third-order valence-electron chi connectivity index (χ3n) is 11.0. The highest BCUT2D eigenvalue weighted by Gasteiger charge is 2.26. The maximum Gasteiger partial charge on any atom is 0.344 e. The van der Waals surface area contributed by atoms with Crippen molar-refractivity contribution in [2.24, 2.45) is 0 Å². The van der Waals surface area contributed by atoms with Crippen LogP contribution >= 0.6 is 32.9 Å². The van der Waals surface area contributed by atoms with E-state index in [2.05, 4.69) is 33.7 Å². The molecular formula is C49H61N3O11S3. The van der Waals surface area contributed by atoms with Gasteiger partial charge in [-0.2, -0.15) is 0 Å². The second kappa shape index (κ2) is 28.8. The van der Waals surface area contributed by atoms with Crippen LogP contribution in [0.4, 0.5) is 0 Å². The Kier molecular flexibility index (Phi) is 22.6. The third kappa shape index (κ3) is 18.2. The Labute approximate surface area is 399 Å². The standard InChI is InChI=1S/C49H61N3O11S3/c1-3-4-17-42(62-47(54)36-51-29-27-50(28-30-51)26-11-5-6-12-31-59-39-22-20-38(21-23-39)45-35-48(64)66-65-45)40-15-9-10-16-41(40)49(55)63-43-24-18-37(34-44(43)58-2)19-25-46(53)60-32-13-7-8-14-33-61-52(56)57/h9-10,15-16,18-25,34-35,42H,3-8,11-14,17,26-33,36H2,1-2H3/b25-19+. The smallest absolute Gasteiger partial charge is 0.344 e. The summed E-state index contributed by atoms with van der Waals surface area (Å²) < 4.78 is 29.6. The summed E-state index contributed by atoms with van der Waals surface area (Å²) in [5, 5.41) is 9.39. The molecule has 2 heterocycles. The number of benzene rings is 3. The highest BCUT2D eigenvalue weighted by molar-refractivity contribution is 7.80. The largest absolute Gasteiger partial charge is 0.494 e. The van der Waals surface area contributed by atoms with Gasteiger partial charge < -0.3 is 33.4 Å². The van der Waals surface area contributed by atoms with Crippen molar-refractivity contribution in [1.29, 1.82) is 0 Å².